The number of halogens is 3. The molecule has 2 aromatic carbocycles. The molecule has 0 radical (unpaired) electrons. The van der Waals surface area contributed by atoms with Gasteiger partial charge in [-0.2, -0.15) is 0 Å². The number of hydrogen-bond acceptors (Lipinski definition) is 8. The molecule has 1 saturated heterocycles. The van der Waals surface area contributed by atoms with Gasteiger partial charge in [0.15, 0.2) is 11.5 Å². The van der Waals surface area contributed by atoms with Crippen molar-refractivity contribution in [2.45, 2.75) is 23.9 Å². The molecule has 2 aliphatic heterocycles. The van der Waals surface area contributed by atoms with Crippen molar-refractivity contribution in [1.29, 1.82) is 0 Å². The smallest absolute Gasteiger partial charge is 0.353 e. The predicted octanol–water partition coefficient (Wildman–Crippen LogP) is 5.94. The summed E-state index contributed by atoms with van der Waals surface area (Å²) in [4.78, 5) is 53.2. The van der Waals surface area contributed by atoms with E-state index in [0.717, 1.165) is 9.78 Å². The Hall–Kier alpha value is -3.48. The zero-order valence-electron chi connectivity index (χ0n) is 21.2. The molecule has 9 nitrogen and oxygen atoms in total. The molecule has 14 heteroatoms. The predicted molar refractivity (Wildman–Crippen MR) is 160 cm³/mol. The first-order valence-electron chi connectivity index (χ1n) is 12.1. The first kappa shape index (κ1) is 30.0. The average molecular weight is 666 g/mol. The van der Waals surface area contributed by atoms with Crippen LogP contribution in [0.5, 0.6) is 17.2 Å². The van der Waals surface area contributed by atoms with E-state index in [0.29, 0.717) is 16.8 Å². The Labute approximate surface area is 262 Å². The molecule has 2 amide bonds. The number of fused-ring (bicyclic) bond motifs is 1. The molecule has 0 saturated carbocycles. The van der Waals surface area contributed by atoms with E-state index < -0.39 is 46.1 Å². The molecule has 5 rings (SSSR count). The van der Waals surface area contributed by atoms with E-state index in [2.05, 4.69) is 11.9 Å². The van der Waals surface area contributed by atoms with E-state index in [1.54, 1.807) is 24.3 Å². The Morgan fingerprint density at radius 2 is 1.79 bits per heavy atom. The Balaban J connectivity index is 1.42. The summed E-state index contributed by atoms with van der Waals surface area (Å²) in [6, 6.07) is 11.6. The number of rotatable bonds is 10. The van der Waals surface area contributed by atoms with Crippen molar-refractivity contribution in [2.24, 2.45) is 0 Å². The molecular weight excluding hydrogens is 647 g/mol. The largest absolute Gasteiger partial charge is 0.477 e. The number of carbonyl (C=O) groups is 4. The van der Waals surface area contributed by atoms with Crippen LogP contribution in [0.15, 0.2) is 77.8 Å². The third kappa shape index (κ3) is 6.02. The summed E-state index contributed by atoms with van der Waals surface area (Å²) in [5.41, 5.74) is -0.876. The van der Waals surface area contributed by atoms with E-state index in [1.165, 1.54) is 41.7 Å². The first-order valence-corrected chi connectivity index (χ1v) is 15.0. The fraction of sp³-hybridized carbons (Fsp3) is 0.143. The number of thioether (sulfide) groups is 1. The third-order valence-corrected chi connectivity index (χ3v) is 8.99. The lowest BCUT2D eigenvalue weighted by molar-refractivity contribution is -0.151. The number of β-lactam (4-membered cyclic amide) rings is 1. The van der Waals surface area contributed by atoms with Gasteiger partial charge in [0, 0.05) is 21.0 Å². The van der Waals surface area contributed by atoms with E-state index >= 15 is 0 Å². The lowest BCUT2D eigenvalue weighted by Crippen LogP contribution is -2.71. The highest BCUT2D eigenvalue weighted by Gasteiger charge is 2.57. The van der Waals surface area contributed by atoms with Gasteiger partial charge in [0.05, 0.1) is 17.0 Å². The lowest BCUT2D eigenvalue weighted by Gasteiger charge is -2.49. The van der Waals surface area contributed by atoms with Crippen LogP contribution in [0.1, 0.15) is 4.88 Å². The number of nitrogens with zero attached hydrogens (tertiary/aromatic N) is 1. The zero-order chi connectivity index (χ0) is 30.1. The van der Waals surface area contributed by atoms with Gasteiger partial charge in [0.2, 0.25) is 11.0 Å². The second kappa shape index (κ2) is 12.4. The number of amides is 2. The molecule has 0 bridgehead atoms. The molecule has 3 heterocycles. The maximum Gasteiger partial charge on any atom is 0.353 e. The van der Waals surface area contributed by atoms with Crippen molar-refractivity contribution in [2.75, 3.05) is 0 Å². The van der Waals surface area contributed by atoms with Gasteiger partial charge in [-0.25, -0.2) is 4.79 Å². The Morgan fingerprint density at radius 1 is 1.07 bits per heavy atom. The Bertz CT molecular complexity index is 1640. The van der Waals surface area contributed by atoms with Crippen LogP contribution < -0.4 is 14.8 Å². The van der Waals surface area contributed by atoms with Gasteiger partial charge in [-0.05, 0) is 47.9 Å². The highest BCUT2D eigenvalue weighted by molar-refractivity contribution is 8.14. The van der Waals surface area contributed by atoms with Crippen molar-refractivity contribution in [1.82, 2.24) is 10.2 Å². The van der Waals surface area contributed by atoms with Crippen molar-refractivity contribution >= 4 is 80.8 Å². The van der Waals surface area contributed by atoms with E-state index in [4.69, 9.17) is 44.3 Å². The summed E-state index contributed by atoms with van der Waals surface area (Å²) in [6.45, 7) is 3.71. The maximum absolute atomic E-state index is 13.4. The van der Waals surface area contributed by atoms with Crippen LogP contribution in [0.25, 0.3) is 0 Å². The highest BCUT2D eigenvalue weighted by atomic mass is 35.5. The van der Waals surface area contributed by atoms with Crippen molar-refractivity contribution in [3.8, 4) is 17.2 Å². The van der Waals surface area contributed by atoms with Crippen LogP contribution >= 0.6 is 57.9 Å². The van der Waals surface area contributed by atoms with Gasteiger partial charge in [0.1, 0.15) is 29.0 Å². The number of thiophene rings is 1. The maximum atomic E-state index is 13.4. The summed E-state index contributed by atoms with van der Waals surface area (Å²) in [5, 5.41) is 13.8. The average Bonchev–Trinajstić information content (AvgIpc) is 3.45. The summed E-state index contributed by atoms with van der Waals surface area (Å²) < 4.78 is 11.9. The SMILES string of the molecule is C=CC(Oc1cc(Cl)ccc1Oc1ccc(Cl)cc1Cl)C1=C(C(=O)O)N2C(=O)C(NC(=O)Cc3cccs3)[C@@H]2SC1=O. The molecule has 42 heavy (non-hydrogen) atoms. The number of benzene rings is 2. The molecular formula is C28H19Cl3N2O7S2. The zero-order valence-corrected chi connectivity index (χ0v) is 25.1. The Kier molecular flexibility index (Phi) is 8.86. The summed E-state index contributed by atoms with van der Waals surface area (Å²) in [5.74, 6) is -2.16. The highest BCUT2D eigenvalue weighted by Crippen LogP contribution is 2.44. The Morgan fingerprint density at radius 3 is 2.43 bits per heavy atom. The van der Waals surface area contributed by atoms with Gasteiger partial charge < -0.3 is 19.9 Å². The second-order valence-corrected chi connectivity index (χ2v) is 12.3. The van der Waals surface area contributed by atoms with Crippen LogP contribution in [0.2, 0.25) is 15.1 Å². The van der Waals surface area contributed by atoms with Crippen molar-refractivity contribution in [3.05, 3.63) is 97.8 Å². The monoisotopic (exact) mass is 664 g/mol. The molecule has 3 atom stereocenters. The van der Waals surface area contributed by atoms with Crippen molar-refractivity contribution < 1.29 is 33.8 Å². The minimum atomic E-state index is -1.52. The summed E-state index contributed by atoms with van der Waals surface area (Å²) >= 11 is 20.5. The second-order valence-electron chi connectivity index (χ2n) is 8.91. The number of carbonyl (C=O) groups excluding carboxylic acids is 3. The van der Waals surface area contributed by atoms with Gasteiger partial charge in [-0.1, -0.05) is 59.2 Å². The third-order valence-electron chi connectivity index (χ3n) is 6.19. The molecule has 2 N–H and O–H groups in total. The normalized spacial score (nSPS) is 18.6. The fourth-order valence-electron chi connectivity index (χ4n) is 4.32. The number of nitrogens with one attached hydrogen (secondary N) is 1. The van der Waals surface area contributed by atoms with Crippen LogP contribution in [-0.4, -0.2) is 50.4 Å². The van der Waals surface area contributed by atoms with Gasteiger partial charge in [0.25, 0.3) is 5.91 Å². The van der Waals surface area contributed by atoms with Gasteiger partial charge in [-0.15, -0.1) is 11.3 Å². The molecule has 0 spiro atoms. The van der Waals surface area contributed by atoms with E-state index in [9.17, 15) is 24.3 Å². The molecule has 0 aliphatic carbocycles. The first-order chi connectivity index (χ1) is 20.1. The summed E-state index contributed by atoms with van der Waals surface area (Å²) in [6.07, 6.45) is -0.0439. The number of ether oxygens (including phenoxy) is 2. The quantitative estimate of drug-likeness (QED) is 0.202. The molecule has 216 valence electrons. The molecule has 1 fully saturated rings. The lowest BCUT2D eigenvalue weighted by atomic mass is 9.99. The van der Waals surface area contributed by atoms with Crippen LogP contribution in [0, 0.1) is 0 Å². The molecule has 1 aromatic heterocycles. The molecule has 3 aromatic rings. The van der Waals surface area contributed by atoms with Crippen LogP contribution in [-0.2, 0) is 25.6 Å². The fourth-order valence-corrected chi connectivity index (χ4v) is 6.82. The number of carboxylic acid groups (broad SMARTS) is 1. The number of hydrogen-bond donors (Lipinski definition) is 2. The summed E-state index contributed by atoms with van der Waals surface area (Å²) in [7, 11) is 0. The van der Waals surface area contributed by atoms with E-state index in [1.807, 2.05) is 5.38 Å². The van der Waals surface area contributed by atoms with Gasteiger partial charge >= 0.3 is 5.97 Å². The topological polar surface area (TPSA) is 122 Å². The standard InChI is InChI=1S/C28H19Cl3N2O7S2/c1-2-17(39-20-11-14(30)6-8-19(20)40-18-7-5-13(29)10-16(18)31)22-24(27(36)37)33-25(35)23(26(33)42-28(22)38)32-21(34)12-15-4-3-9-41-15/h2-11,17,23,26H,1,12H2,(H,32,34)(H,36,37)/t17?,23?,26-/m0/s1. The minimum Gasteiger partial charge on any atom is -0.477 e. The number of carboxylic acids is 1. The van der Waals surface area contributed by atoms with Crippen molar-refractivity contribution in [3.63, 3.8) is 0 Å². The van der Waals surface area contributed by atoms with Gasteiger partial charge in [-0.3, -0.25) is 19.3 Å². The van der Waals surface area contributed by atoms with E-state index in [-0.39, 0.29) is 39.3 Å². The molecule has 2 unspecified atom stereocenters. The van der Waals surface area contributed by atoms with Crippen LogP contribution in [0.3, 0.4) is 0 Å². The number of aliphatic carboxylic acids is 1. The molecule has 2 aliphatic rings. The van der Waals surface area contributed by atoms with Crippen LogP contribution in [0.4, 0.5) is 0 Å². The minimum absolute atomic E-state index is 0.0456.